The average molecular weight is 442 g/mol. The molecule has 0 bridgehead atoms. The predicted molar refractivity (Wildman–Crippen MR) is 121 cm³/mol. The Hall–Kier alpha value is -3.17. The average Bonchev–Trinajstić information content (AvgIpc) is 3.43. The Morgan fingerprint density at radius 2 is 1.90 bits per heavy atom. The van der Waals surface area contributed by atoms with E-state index in [0.717, 1.165) is 12.2 Å². The van der Waals surface area contributed by atoms with Gasteiger partial charge in [0.25, 0.3) is 5.91 Å². The number of carbonyl (C=O) groups is 2. The summed E-state index contributed by atoms with van der Waals surface area (Å²) in [5, 5.41) is 8.42. The summed E-state index contributed by atoms with van der Waals surface area (Å²) in [5.74, 6) is 0.317. The summed E-state index contributed by atoms with van der Waals surface area (Å²) in [6, 6.07) is 13.2. The first-order valence-corrected chi connectivity index (χ1v) is 10.9. The first-order valence-electron chi connectivity index (χ1n) is 10.0. The van der Waals surface area contributed by atoms with Crippen LogP contribution in [0, 0.1) is 0 Å². The molecule has 1 aromatic carbocycles. The van der Waals surface area contributed by atoms with Gasteiger partial charge in [-0.3, -0.25) is 9.59 Å². The van der Waals surface area contributed by atoms with Crippen molar-refractivity contribution in [3.8, 4) is 0 Å². The van der Waals surface area contributed by atoms with Crippen molar-refractivity contribution in [2.75, 3.05) is 39.0 Å². The van der Waals surface area contributed by atoms with E-state index in [1.165, 1.54) is 11.3 Å². The van der Waals surface area contributed by atoms with Crippen molar-refractivity contribution >= 4 is 34.0 Å². The number of thiazole rings is 1. The van der Waals surface area contributed by atoms with E-state index in [2.05, 4.69) is 15.6 Å². The molecule has 2 heterocycles. The van der Waals surface area contributed by atoms with Gasteiger partial charge in [-0.1, -0.05) is 18.2 Å². The molecule has 0 spiro atoms. The molecule has 9 heteroatoms. The molecule has 8 nitrogen and oxygen atoms in total. The van der Waals surface area contributed by atoms with Crippen LogP contribution in [-0.2, 0) is 11.3 Å². The number of hydrogen-bond acceptors (Lipinski definition) is 7. The number of likely N-dealkylation sites (N-methyl/N-ethyl adjacent to an activating group) is 1. The van der Waals surface area contributed by atoms with Gasteiger partial charge in [-0.05, 0) is 38.4 Å². The van der Waals surface area contributed by atoms with E-state index >= 15 is 0 Å². The van der Waals surface area contributed by atoms with Crippen LogP contribution < -0.4 is 10.6 Å². The fraction of sp³-hybridized carbons (Fsp3) is 0.318. The van der Waals surface area contributed by atoms with E-state index < -0.39 is 0 Å². The molecule has 2 aromatic heterocycles. The van der Waals surface area contributed by atoms with Crippen molar-refractivity contribution < 1.29 is 14.0 Å². The lowest BCUT2D eigenvalue weighted by Gasteiger charge is -2.20. The van der Waals surface area contributed by atoms with Gasteiger partial charge in [0.2, 0.25) is 5.91 Å². The molecule has 0 aliphatic heterocycles. The Labute approximate surface area is 185 Å². The highest BCUT2D eigenvalue weighted by Gasteiger charge is 2.21. The number of furan rings is 1. The number of nitrogens with zero attached hydrogens (tertiary/aromatic N) is 3. The third kappa shape index (κ3) is 7.23. The normalized spacial score (nSPS) is 10.8. The van der Waals surface area contributed by atoms with Crippen molar-refractivity contribution in [3.63, 3.8) is 0 Å². The zero-order valence-corrected chi connectivity index (χ0v) is 18.5. The molecule has 3 aromatic rings. The molecule has 0 aliphatic carbocycles. The fourth-order valence-corrected chi connectivity index (χ4v) is 3.53. The lowest BCUT2D eigenvalue weighted by atomic mass is 10.3. The maximum absolute atomic E-state index is 13.1. The highest BCUT2D eigenvalue weighted by Crippen LogP contribution is 2.22. The summed E-state index contributed by atoms with van der Waals surface area (Å²) < 4.78 is 5.40. The van der Waals surface area contributed by atoms with Crippen molar-refractivity contribution in [2.24, 2.45) is 0 Å². The predicted octanol–water partition coefficient (Wildman–Crippen LogP) is 3.19. The lowest BCUT2D eigenvalue weighted by molar-refractivity contribution is -0.121. The zero-order chi connectivity index (χ0) is 22.1. The summed E-state index contributed by atoms with van der Waals surface area (Å²) in [6.07, 6.45) is 1.77. The molecular weight excluding hydrogens is 414 g/mol. The smallest absolute Gasteiger partial charge is 0.273 e. The van der Waals surface area contributed by atoms with Gasteiger partial charge in [0.15, 0.2) is 5.13 Å². The van der Waals surface area contributed by atoms with Gasteiger partial charge in [0, 0.05) is 37.1 Å². The molecule has 0 aliphatic rings. The minimum Gasteiger partial charge on any atom is -0.467 e. The maximum Gasteiger partial charge on any atom is 0.273 e. The Bertz CT molecular complexity index is 957. The molecule has 2 amide bonds. The molecule has 0 unspecified atom stereocenters. The second kappa shape index (κ2) is 11.3. The van der Waals surface area contributed by atoms with Crippen molar-refractivity contribution in [3.05, 3.63) is 65.6 Å². The van der Waals surface area contributed by atoms with Gasteiger partial charge in [-0.25, -0.2) is 4.98 Å². The van der Waals surface area contributed by atoms with Crippen LogP contribution in [0.4, 0.5) is 10.8 Å². The fourth-order valence-electron chi connectivity index (χ4n) is 2.82. The quantitative estimate of drug-likeness (QED) is 0.475. The van der Waals surface area contributed by atoms with Gasteiger partial charge in [0.05, 0.1) is 12.8 Å². The zero-order valence-electron chi connectivity index (χ0n) is 17.7. The Kier molecular flexibility index (Phi) is 8.19. The van der Waals surface area contributed by atoms with Gasteiger partial charge in [-0.2, -0.15) is 0 Å². The largest absolute Gasteiger partial charge is 0.467 e. The van der Waals surface area contributed by atoms with Gasteiger partial charge in [-0.15, -0.1) is 11.3 Å². The molecular formula is C22H27N5O3S. The van der Waals surface area contributed by atoms with Crippen LogP contribution in [-0.4, -0.2) is 60.3 Å². The van der Waals surface area contributed by atoms with Crippen LogP contribution in [0.3, 0.4) is 0 Å². The first kappa shape index (κ1) is 22.5. The highest BCUT2D eigenvalue weighted by molar-refractivity contribution is 7.14. The van der Waals surface area contributed by atoms with Crippen LogP contribution in [0.15, 0.2) is 58.5 Å². The second-order valence-electron chi connectivity index (χ2n) is 7.24. The number of rotatable bonds is 11. The first-order chi connectivity index (χ1) is 15.0. The van der Waals surface area contributed by atoms with Crippen LogP contribution in [0.5, 0.6) is 0 Å². The number of nitrogens with one attached hydrogen (secondary N) is 2. The van der Waals surface area contributed by atoms with E-state index in [-0.39, 0.29) is 31.3 Å². The molecule has 31 heavy (non-hydrogen) atoms. The van der Waals surface area contributed by atoms with E-state index in [1.54, 1.807) is 28.7 Å². The summed E-state index contributed by atoms with van der Waals surface area (Å²) in [5.41, 5.74) is 1.24. The van der Waals surface area contributed by atoms with E-state index in [0.29, 0.717) is 23.1 Å². The number of hydrogen-bond donors (Lipinski definition) is 2. The summed E-state index contributed by atoms with van der Waals surface area (Å²) in [7, 11) is 3.90. The lowest BCUT2D eigenvalue weighted by Crippen LogP contribution is -2.36. The molecule has 0 radical (unpaired) electrons. The molecule has 164 valence electrons. The maximum atomic E-state index is 13.1. The number of carbonyl (C=O) groups excluding carboxylic acids is 2. The number of amides is 2. The van der Waals surface area contributed by atoms with Gasteiger partial charge in [0.1, 0.15) is 11.5 Å². The van der Waals surface area contributed by atoms with E-state index in [9.17, 15) is 9.59 Å². The molecule has 0 saturated carbocycles. The Balaban J connectivity index is 1.63. The van der Waals surface area contributed by atoms with Crippen LogP contribution >= 0.6 is 11.3 Å². The number of aromatic nitrogens is 1. The van der Waals surface area contributed by atoms with Crippen LogP contribution in [0.1, 0.15) is 22.7 Å². The number of para-hydroxylation sites is 1. The molecule has 2 N–H and O–H groups in total. The molecule has 0 atom stereocenters. The third-order valence-corrected chi connectivity index (χ3v) is 5.21. The molecule has 0 saturated heterocycles. The summed E-state index contributed by atoms with van der Waals surface area (Å²) in [6.45, 7) is 1.87. The minimum absolute atomic E-state index is 0.0937. The van der Waals surface area contributed by atoms with Gasteiger partial charge < -0.3 is 24.9 Å². The number of benzene rings is 1. The van der Waals surface area contributed by atoms with Crippen molar-refractivity contribution in [1.82, 2.24) is 20.1 Å². The van der Waals surface area contributed by atoms with E-state index in [4.69, 9.17) is 4.42 Å². The Morgan fingerprint density at radius 3 is 2.61 bits per heavy atom. The minimum atomic E-state index is -0.241. The summed E-state index contributed by atoms with van der Waals surface area (Å²) >= 11 is 1.36. The Morgan fingerprint density at radius 1 is 1.10 bits per heavy atom. The summed E-state index contributed by atoms with van der Waals surface area (Å²) in [4.78, 5) is 33.3. The highest BCUT2D eigenvalue weighted by atomic mass is 32.1. The van der Waals surface area contributed by atoms with E-state index in [1.807, 2.05) is 49.3 Å². The van der Waals surface area contributed by atoms with Crippen LogP contribution in [0.25, 0.3) is 0 Å². The monoisotopic (exact) mass is 441 g/mol. The number of anilines is 2. The van der Waals surface area contributed by atoms with Crippen LogP contribution in [0.2, 0.25) is 0 Å². The topological polar surface area (TPSA) is 90.7 Å². The van der Waals surface area contributed by atoms with Crippen molar-refractivity contribution in [1.29, 1.82) is 0 Å². The molecule has 3 rings (SSSR count). The van der Waals surface area contributed by atoms with Crippen molar-refractivity contribution in [2.45, 2.75) is 13.0 Å². The van der Waals surface area contributed by atoms with Gasteiger partial charge >= 0.3 is 0 Å². The second-order valence-corrected chi connectivity index (χ2v) is 8.10. The SMILES string of the molecule is CN(C)CCNC(=O)CCN(Cc1ccco1)C(=O)c1csc(Nc2ccccc2)n1. The third-order valence-electron chi connectivity index (χ3n) is 4.45. The standard InChI is InChI=1S/C22H27N5O3S/c1-26(2)13-11-23-20(28)10-12-27(15-18-9-6-14-30-18)21(29)19-16-31-22(25-19)24-17-7-4-3-5-8-17/h3-9,14,16H,10-13,15H2,1-2H3,(H,23,28)(H,24,25). The molecule has 0 fully saturated rings.